The van der Waals surface area contributed by atoms with Crippen molar-refractivity contribution in [3.63, 3.8) is 0 Å². The monoisotopic (exact) mass is 221 g/mol. The van der Waals surface area contributed by atoms with Gasteiger partial charge in [-0.3, -0.25) is 4.79 Å². The molecule has 0 radical (unpaired) electrons. The lowest BCUT2D eigenvalue weighted by Gasteiger charge is -2.21. The van der Waals surface area contributed by atoms with Crippen LogP contribution in [0.2, 0.25) is 0 Å². The Morgan fingerprint density at radius 2 is 2.12 bits per heavy atom. The third-order valence-corrected chi connectivity index (χ3v) is 2.53. The van der Waals surface area contributed by atoms with E-state index in [0.717, 1.165) is 12.8 Å². The van der Waals surface area contributed by atoms with Crippen LogP contribution in [0.25, 0.3) is 0 Å². The summed E-state index contributed by atoms with van der Waals surface area (Å²) in [6.07, 6.45) is 4.14. The van der Waals surface area contributed by atoms with Crippen LogP contribution in [0.3, 0.4) is 0 Å². The Kier molecular flexibility index (Phi) is 2.45. The Labute approximate surface area is 95.8 Å². The summed E-state index contributed by atoms with van der Waals surface area (Å²) in [5.41, 5.74) is 6.86. The molecule has 1 aromatic heterocycles. The Bertz CT molecular complexity index is 410. The number of nitrogens with one attached hydrogen (secondary N) is 1. The molecule has 16 heavy (non-hydrogen) atoms. The van der Waals surface area contributed by atoms with E-state index in [0.29, 0.717) is 17.4 Å². The first kappa shape index (κ1) is 11.0. The molecule has 4 heteroatoms. The highest BCUT2D eigenvalue weighted by molar-refractivity contribution is 5.94. The van der Waals surface area contributed by atoms with Crippen LogP contribution in [-0.4, -0.2) is 16.0 Å². The summed E-state index contributed by atoms with van der Waals surface area (Å²) in [6, 6.07) is 2.22. The molecule has 0 aliphatic heterocycles. The molecular weight excluding hydrogens is 202 g/mol. The van der Waals surface area contributed by atoms with E-state index in [1.165, 1.54) is 0 Å². The number of amides is 1. The molecule has 2 rings (SSSR count). The van der Waals surface area contributed by atoms with Gasteiger partial charge in [0.2, 0.25) is 0 Å². The average Bonchev–Trinajstić information content (AvgIpc) is 2.87. The van der Waals surface area contributed by atoms with Crippen LogP contribution in [0, 0.1) is 0 Å². The number of aromatic nitrogens is 1. The van der Waals surface area contributed by atoms with Crippen LogP contribution < -0.4 is 11.1 Å². The van der Waals surface area contributed by atoms with Crippen molar-refractivity contribution in [2.75, 3.05) is 5.73 Å². The molecule has 1 amide bonds. The second-order valence-corrected chi connectivity index (χ2v) is 5.50. The number of hydrogen-bond acceptors (Lipinski definition) is 2. The smallest absolute Gasteiger partial charge is 0.268 e. The molecule has 3 N–H and O–H groups in total. The summed E-state index contributed by atoms with van der Waals surface area (Å²) in [5, 5.41) is 2.96. The van der Waals surface area contributed by atoms with Crippen molar-refractivity contribution in [1.82, 2.24) is 9.88 Å². The second-order valence-electron chi connectivity index (χ2n) is 5.50. The fourth-order valence-corrected chi connectivity index (χ4v) is 1.74. The van der Waals surface area contributed by atoms with Gasteiger partial charge in [-0.25, -0.2) is 0 Å². The highest BCUT2D eigenvalue weighted by atomic mass is 16.2. The minimum Gasteiger partial charge on any atom is -0.397 e. The number of hydrogen-bond donors (Lipinski definition) is 2. The Morgan fingerprint density at radius 1 is 1.50 bits per heavy atom. The Hall–Kier alpha value is -1.45. The fraction of sp³-hybridized carbons (Fsp3) is 0.583. The zero-order chi connectivity index (χ0) is 11.9. The first-order chi connectivity index (χ1) is 7.37. The van der Waals surface area contributed by atoms with Crippen molar-refractivity contribution in [3.8, 4) is 0 Å². The van der Waals surface area contributed by atoms with Gasteiger partial charge in [-0.05, 0) is 39.7 Å². The van der Waals surface area contributed by atoms with Crippen molar-refractivity contribution in [2.24, 2.45) is 0 Å². The minimum absolute atomic E-state index is 0.0453. The topological polar surface area (TPSA) is 60.1 Å². The first-order valence-corrected chi connectivity index (χ1v) is 5.67. The molecular formula is C12H19N3O. The minimum atomic E-state index is -0.218. The third-order valence-electron chi connectivity index (χ3n) is 2.53. The maximum absolute atomic E-state index is 12.0. The van der Waals surface area contributed by atoms with E-state index < -0.39 is 0 Å². The molecule has 1 aliphatic carbocycles. The summed E-state index contributed by atoms with van der Waals surface area (Å²) in [7, 11) is 0. The molecule has 1 aromatic rings. The van der Waals surface area contributed by atoms with E-state index in [9.17, 15) is 4.79 Å². The second kappa shape index (κ2) is 3.54. The SMILES string of the molecule is CC(C)(C)NC(=O)c1cc(N)cn1C1CC1. The average molecular weight is 221 g/mol. The molecule has 88 valence electrons. The largest absolute Gasteiger partial charge is 0.397 e. The molecule has 1 fully saturated rings. The van der Waals surface area contributed by atoms with E-state index >= 15 is 0 Å². The number of nitrogens with zero attached hydrogens (tertiary/aromatic N) is 1. The molecule has 1 aliphatic rings. The lowest BCUT2D eigenvalue weighted by Crippen LogP contribution is -2.41. The zero-order valence-electron chi connectivity index (χ0n) is 10.1. The van der Waals surface area contributed by atoms with E-state index in [4.69, 9.17) is 5.73 Å². The molecule has 0 spiro atoms. The molecule has 0 atom stereocenters. The Morgan fingerprint density at radius 3 is 2.62 bits per heavy atom. The van der Waals surface area contributed by atoms with Crippen molar-refractivity contribution >= 4 is 11.6 Å². The standard InChI is InChI=1S/C12H19N3O/c1-12(2,3)14-11(16)10-6-8(13)7-15(10)9-4-5-9/h6-7,9H,4-5,13H2,1-3H3,(H,14,16). The van der Waals surface area contributed by atoms with Crippen molar-refractivity contribution in [2.45, 2.75) is 45.2 Å². The van der Waals surface area contributed by atoms with Crippen LogP contribution in [0.1, 0.15) is 50.1 Å². The van der Waals surface area contributed by atoms with Crippen molar-refractivity contribution in [1.29, 1.82) is 0 Å². The van der Waals surface area contributed by atoms with Crippen LogP contribution in [0.5, 0.6) is 0 Å². The number of rotatable bonds is 2. The molecule has 0 bridgehead atoms. The molecule has 0 aromatic carbocycles. The highest BCUT2D eigenvalue weighted by Crippen LogP contribution is 2.37. The van der Waals surface area contributed by atoms with Gasteiger partial charge >= 0.3 is 0 Å². The van der Waals surface area contributed by atoms with Gasteiger partial charge in [0, 0.05) is 17.8 Å². The third kappa shape index (κ3) is 2.38. The summed E-state index contributed by atoms with van der Waals surface area (Å²) in [5.74, 6) is -0.0453. The summed E-state index contributed by atoms with van der Waals surface area (Å²) < 4.78 is 2.00. The van der Waals surface area contributed by atoms with Crippen molar-refractivity contribution in [3.05, 3.63) is 18.0 Å². The van der Waals surface area contributed by atoms with Crippen LogP contribution in [0.15, 0.2) is 12.3 Å². The van der Waals surface area contributed by atoms with Gasteiger partial charge in [0.1, 0.15) is 5.69 Å². The van der Waals surface area contributed by atoms with Gasteiger partial charge in [-0.1, -0.05) is 0 Å². The van der Waals surface area contributed by atoms with E-state index in [-0.39, 0.29) is 11.4 Å². The van der Waals surface area contributed by atoms with E-state index in [1.54, 1.807) is 6.07 Å². The van der Waals surface area contributed by atoms with Gasteiger partial charge in [0.25, 0.3) is 5.91 Å². The molecule has 0 saturated heterocycles. The lowest BCUT2D eigenvalue weighted by atomic mass is 10.1. The van der Waals surface area contributed by atoms with Gasteiger partial charge in [0.15, 0.2) is 0 Å². The van der Waals surface area contributed by atoms with Crippen LogP contribution in [-0.2, 0) is 0 Å². The highest BCUT2D eigenvalue weighted by Gasteiger charge is 2.28. The number of carbonyl (C=O) groups is 1. The van der Waals surface area contributed by atoms with Gasteiger partial charge in [-0.2, -0.15) is 0 Å². The van der Waals surface area contributed by atoms with E-state index in [1.807, 2.05) is 31.5 Å². The zero-order valence-corrected chi connectivity index (χ0v) is 10.1. The molecule has 1 saturated carbocycles. The normalized spacial score (nSPS) is 16.2. The summed E-state index contributed by atoms with van der Waals surface area (Å²) in [4.78, 5) is 12.0. The fourth-order valence-electron chi connectivity index (χ4n) is 1.74. The Balaban J connectivity index is 2.22. The van der Waals surface area contributed by atoms with E-state index in [2.05, 4.69) is 5.32 Å². The van der Waals surface area contributed by atoms with Gasteiger partial charge < -0.3 is 15.6 Å². The molecule has 0 unspecified atom stereocenters. The maximum Gasteiger partial charge on any atom is 0.268 e. The number of carbonyl (C=O) groups excluding carboxylic acids is 1. The predicted octanol–water partition coefficient (Wildman–Crippen LogP) is 1.93. The summed E-state index contributed by atoms with van der Waals surface area (Å²) >= 11 is 0. The quantitative estimate of drug-likeness (QED) is 0.801. The number of anilines is 1. The molecule has 4 nitrogen and oxygen atoms in total. The maximum atomic E-state index is 12.0. The lowest BCUT2D eigenvalue weighted by molar-refractivity contribution is 0.0910. The number of nitrogens with two attached hydrogens (primary N) is 1. The number of nitrogen functional groups attached to an aromatic ring is 1. The van der Waals surface area contributed by atoms with Crippen LogP contribution >= 0.6 is 0 Å². The van der Waals surface area contributed by atoms with Gasteiger partial charge in [0.05, 0.1) is 5.69 Å². The van der Waals surface area contributed by atoms with Crippen LogP contribution in [0.4, 0.5) is 5.69 Å². The molecule has 1 heterocycles. The first-order valence-electron chi connectivity index (χ1n) is 5.67. The summed E-state index contributed by atoms with van der Waals surface area (Å²) in [6.45, 7) is 5.91. The predicted molar refractivity (Wildman–Crippen MR) is 64.3 cm³/mol. The van der Waals surface area contributed by atoms with Gasteiger partial charge in [-0.15, -0.1) is 0 Å². The van der Waals surface area contributed by atoms with Crippen molar-refractivity contribution < 1.29 is 4.79 Å².